The average molecular weight is 268 g/mol. The van der Waals surface area contributed by atoms with E-state index in [0.717, 1.165) is 19.3 Å². The molecule has 1 saturated carbocycles. The van der Waals surface area contributed by atoms with Crippen molar-refractivity contribution < 1.29 is 9.53 Å². The molecule has 0 aromatic rings. The molecule has 0 spiro atoms. The zero-order chi connectivity index (χ0) is 14.2. The first-order chi connectivity index (χ1) is 8.78. The lowest BCUT2D eigenvalue weighted by Crippen LogP contribution is -2.57. The van der Waals surface area contributed by atoms with Gasteiger partial charge in [-0.2, -0.15) is 0 Å². The Morgan fingerprint density at radius 1 is 1.32 bits per heavy atom. The van der Waals surface area contributed by atoms with Crippen molar-refractivity contribution in [2.24, 2.45) is 17.6 Å². The molecular weight excluding hydrogens is 240 g/mol. The molecule has 4 heteroatoms. The van der Waals surface area contributed by atoms with E-state index < -0.39 is 0 Å². The number of nitrogens with two attached hydrogens (primary N) is 1. The third-order valence-corrected chi connectivity index (χ3v) is 4.36. The van der Waals surface area contributed by atoms with Crippen molar-refractivity contribution in [1.82, 2.24) is 4.90 Å². The summed E-state index contributed by atoms with van der Waals surface area (Å²) in [6, 6.07) is 0.0324. The molecule has 0 radical (unpaired) electrons. The van der Waals surface area contributed by atoms with Crippen molar-refractivity contribution in [3.8, 4) is 0 Å². The van der Waals surface area contributed by atoms with Gasteiger partial charge in [-0.15, -0.1) is 0 Å². The first-order valence-electron chi connectivity index (χ1n) is 7.50. The Hall–Kier alpha value is -0.610. The van der Waals surface area contributed by atoms with Crippen molar-refractivity contribution in [2.75, 3.05) is 13.1 Å². The van der Waals surface area contributed by atoms with Crippen LogP contribution in [0.25, 0.3) is 0 Å². The third-order valence-electron chi connectivity index (χ3n) is 4.36. The van der Waals surface area contributed by atoms with E-state index in [4.69, 9.17) is 10.5 Å². The number of hydrogen-bond acceptors (Lipinski definition) is 3. The van der Waals surface area contributed by atoms with E-state index >= 15 is 0 Å². The highest BCUT2D eigenvalue weighted by atomic mass is 16.5. The average Bonchev–Trinajstić information content (AvgIpc) is 2.29. The predicted octanol–water partition coefficient (Wildman–Crippen LogP) is 1.78. The highest BCUT2D eigenvalue weighted by molar-refractivity contribution is 5.80. The molecule has 0 bridgehead atoms. The first-order valence-corrected chi connectivity index (χ1v) is 7.50. The van der Waals surface area contributed by atoms with E-state index in [1.165, 1.54) is 0 Å². The summed E-state index contributed by atoms with van der Waals surface area (Å²) < 4.78 is 5.86. The lowest BCUT2D eigenvalue weighted by atomic mass is 9.78. The van der Waals surface area contributed by atoms with E-state index in [0.29, 0.717) is 19.0 Å². The molecule has 4 atom stereocenters. The fourth-order valence-corrected chi connectivity index (χ4v) is 3.54. The standard InChI is InChI=1S/C15H28N2O2/c1-10-5-6-13(16)12(7-10)14(18)17-8-11(2)19-15(3,4)9-17/h10-13H,5-9,16H2,1-4H3. The maximum Gasteiger partial charge on any atom is 0.227 e. The highest BCUT2D eigenvalue weighted by Gasteiger charge is 2.39. The first kappa shape index (κ1) is 14.8. The van der Waals surface area contributed by atoms with E-state index in [2.05, 4.69) is 6.92 Å². The van der Waals surface area contributed by atoms with Gasteiger partial charge in [0.1, 0.15) is 0 Å². The Morgan fingerprint density at radius 3 is 2.63 bits per heavy atom. The summed E-state index contributed by atoms with van der Waals surface area (Å²) in [7, 11) is 0. The second-order valence-corrected chi connectivity index (χ2v) is 7.10. The molecule has 1 saturated heterocycles. The van der Waals surface area contributed by atoms with Crippen LogP contribution in [0.1, 0.15) is 47.0 Å². The molecule has 110 valence electrons. The molecule has 0 aromatic carbocycles. The minimum atomic E-state index is -0.252. The van der Waals surface area contributed by atoms with Crippen molar-refractivity contribution in [2.45, 2.75) is 64.7 Å². The zero-order valence-corrected chi connectivity index (χ0v) is 12.7. The zero-order valence-electron chi connectivity index (χ0n) is 12.7. The van der Waals surface area contributed by atoms with Crippen LogP contribution in [0.15, 0.2) is 0 Å². The summed E-state index contributed by atoms with van der Waals surface area (Å²) in [6.45, 7) is 9.72. The molecular formula is C15H28N2O2. The molecule has 4 nitrogen and oxygen atoms in total. The van der Waals surface area contributed by atoms with E-state index in [1.54, 1.807) is 0 Å². The summed E-state index contributed by atoms with van der Waals surface area (Å²) in [5.41, 5.74) is 5.92. The second kappa shape index (κ2) is 5.41. The number of carbonyl (C=O) groups excluding carboxylic acids is 1. The summed E-state index contributed by atoms with van der Waals surface area (Å²) >= 11 is 0. The summed E-state index contributed by atoms with van der Waals surface area (Å²) in [5, 5.41) is 0. The van der Waals surface area contributed by atoms with Gasteiger partial charge in [-0.05, 0) is 46.0 Å². The molecule has 2 N–H and O–H groups in total. The van der Waals surface area contributed by atoms with Crippen LogP contribution in [0.4, 0.5) is 0 Å². The minimum Gasteiger partial charge on any atom is -0.369 e. The van der Waals surface area contributed by atoms with Gasteiger partial charge in [-0.25, -0.2) is 0 Å². The summed E-state index contributed by atoms with van der Waals surface area (Å²) in [4.78, 5) is 14.7. The smallest absolute Gasteiger partial charge is 0.227 e. The Balaban J connectivity index is 2.05. The van der Waals surface area contributed by atoms with Crippen LogP contribution >= 0.6 is 0 Å². The summed E-state index contributed by atoms with van der Waals surface area (Å²) in [6.07, 6.45) is 3.16. The Kier molecular flexibility index (Phi) is 4.21. The van der Waals surface area contributed by atoms with Gasteiger partial charge in [0.05, 0.1) is 17.6 Å². The molecule has 1 aliphatic carbocycles. The molecule has 1 amide bonds. The molecule has 1 aliphatic heterocycles. The van der Waals surface area contributed by atoms with Crippen LogP contribution in [0, 0.1) is 11.8 Å². The molecule has 2 rings (SSSR count). The van der Waals surface area contributed by atoms with Gasteiger partial charge in [0.25, 0.3) is 0 Å². The number of carbonyl (C=O) groups is 1. The van der Waals surface area contributed by atoms with Gasteiger partial charge in [0, 0.05) is 19.1 Å². The molecule has 2 aliphatic rings. The maximum absolute atomic E-state index is 12.7. The lowest BCUT2D eigenvalue weighted by Gasteiger charge is -2.44. The second-order valence-electron chi connectivity index (χ2n) is 7.10. The van der Waals surface area contributed by atoms with Gasteiger partial charge < -0.3 is 15.4 Å². The van der Waals surface area contributed by atoms with Gasteiger partial charge >= 0.3 is 0 Å². The number of ether oxygens (including phenoxy) is 1. The van der Waals surface area contributed by atoms with Crippen LogP contribution in [0.5, 0.6) is 0 Å². The normalized spacial score (nSPS) is 39.1. The van der Waals surface area contributed by atoms with E-state index in [-0.39, 0.29) is 29.6 Å². The van der Waals surface area contributed by atoms with Crippen LogP contribution < -0.4 is 5.73 Å². The van der Waals surface area contributed by atoms with Crippen molar-refractivity contribution >= 4 is 5.91 Å². The molecule has 0 aromatic heterocycles. The fraction of sp³-hybridized carbons (Fsp3) is 0.933. The summed E-state index contributed by atoms with van der Waals surface area (Å²) in [5.74, 6) is 0.854. The Bertz CT molecular complexity index is 343. The Labute approximate surface area is 116 Å². The van der Waals surface area contributed by atoms with Gasteiger partial charge in [-0.1, -0.05) is 6.92 Å². The third kappa shape index (κ3) is 3.48. The van der Waals surface area contributed by atoms with E-state index in [1.807, 2.05) is 25.7 Å². The fourth-order valence-electron chi connectivity index (χ4n) is 3.54. The maximum atomic E-state index is 12.7. The van der Waals surface area contributed by atoms with Crippen molar-refractivity contribution in [1.29, 1.82) is 0 Å². The van der Waals surface area contributed by atoms with Crippen LogP contribution in [-0.2, 0) is 9.53 Å². The van der Waals surface area contributed by atoms with Crippen LogP contribution in [0.2, 0.25) is 0 Å². The van der Waals surface area contributed by atoms with Crippen LogP contribution in [-0.4, -0.2) is 41.6 Å². The minimum absolute atomic E-state index is 0.00449. The molecule has 1 heterocycles. The van der Waals surface area contributed by atoms with Crippen molar-refractivity contribution in [3.63, 3.8) is 0 Å². The van der Waals surface area contributed by atoms with Crippen molar-refractivity contribution in [3.05, 3.63) is 0 Å². The Morgan fingerprint density at radius 2 is 2.00 bits per heavy atom. The van der Waals surface area contributed by atoms with Crippen LogP contribution in [0.3, 0.4) is 0 Å². The largest absolute Gasteiger partial charge is 0.369 e. The highest BCUT2D eigenvalue weighted by Crippen LogP contribution is 2.31. The van der Waals surface area contributed by atoms with E-state index in [9.17, 15) is 4.79 Å². The molecule has 4 unspecified atom stereocenters. The molecule has 19 heavy (non-hydrogen) atoms. The number of rotatable bonds is 1. The van der Waals surface area contributed by atoms with Gasteiger partial charge in [0.2, 0.25) is 5.91 Å². The quantitative estimate of drug-likeness (QED) is 0.788. The number of nitrogens with zero attached hydrogens (tertiary/aromatic N) is 1. The number of morpholine rings is 1. The van der Waals surface area contributed by atoms with Gasteiger partial charge in [0.15, 0.2) is 0 Å². The van der Waals surface area contributed by atoms with Gasteiger partial charge in [-0.3, -0.25) is 4.79 Å². The SMILES string of the molecule is CC1CCC(N)C(C(=O)N2CC(C)OC(C)(C)C2)C1. The topological polar surface area (TPSA) is 55.6 Å². The number of amides is 1. The lowest BCUT2D eigenvalue weighted by molar-refractivity contribution is -0.163. The molecule has 2 fully saturated rings. The number of hydrogen-bond donors (Lipinski definition) is 1. The monoisotopic (exact) mass is 268 g/mol. The predicted molar refractivity (Wildman–Crippen MR) is 75.7 cm³/mol.